The highest BCUT2D eigenvalue weighted by Crippen LogP contribution is 2.27. The Kier molecular flexibility index (Phi) is 7.85. The summed E-state index contributed by atoms with van der Waals surface area (Å²) in [5.41, 5.74) is 6.88. The molecule has 0 atom stereocenters. The Bertz CT molecular complexity index is 884. The van der Waals surface area contributed by atoms with Crippen LogP contribution in [0, 0.1) is 0 Å². The molecule has 0 spiro atoms. The maximum atomic E-state index is 12.5. The summed E-state index contributed by atoms with van der Waals surface area (Å²) in [7, 11) is 3.18. The minimum Gasteiger partial charge on any atom is -0.493 e. The molecular formula is C21H29N7O3. The second kappa shape index (κ2) is 11.0. The molecule has 1 fully saturated rings. The van der Waals surface area contributed by atoms with E-state index in [0.29, 0.717) is 56.0 Å². The highest BCUT2D eigenvalue weighted by atomic mass is 16.5. The maximum absolute atomic E-state index is 12.5. The van der Waals surface area contributed by atoms with Gasteiger partial charge in [0, 0.05) is 51.5 Å². The number of aliphatic imine (C=N–C) groups is 1. The van der Waals surface area contributed by atoms with E-state index in [2.05, 4.69) is 25.2 Å². The number of nitrogens with zero attached hydrogens (tertiary/aromatic N) is 5. The molecule has 1 aliphatic heterocycles. The minimum absolute atomic E-state index is 0.0915. The molecule has 166 valence electrons. The molecule has 3 N–H and O–H groups in total. The summed E-state index contributed by atoms with van der Waals surface area (Å²) in [4.78, 5) is 29.2. The predicted molar refractivity (Wildman–Crippen MR) is 118 cm³/mol. The number of nitrogens with one attached hydrogen (secondary N) is 1. The zero-order valence-corrected chi connectivity index (χ0v) is 18.0. The van der Waals surface area contributed by atoms with Crippen molar-refractivity contribution in [3.8, 4) is 11.5 Å². The maximum Gasteiger partial charge on any atom is 0.225 e. The number of carbonyl (C=O) groups excluding carboxylic acids is 1. The SMILES string of the molecule is COc1ccc(CN=C(N)NCCC(=O)N2CCN(c3ncccn3)CC2)cc1OC. The number of carbonyl (C=O) groups is 1. The fourth-order valence-electron chi connectivity index (χ4n) is 3.28. The molecule has 1 saturated heterocycles. The van der Waals surface area contributed by atoms with Crippen molar-refractivity contribution in [2.45, 2.75) is 13.0 Å². The molecule has 0 unspecified atom stereocenters. The Balaban J connectivity index is 1.39. The number of ether oxygens (including phenoxy) is 2. The van der Waals surface area contributed by atoms with Gasteiger partial charge < -0.3 is 30.3 Å². The number of methoxy groups -OCH3 is 2. The highest BCUT2D eigenvalue weighted by molar-refractivity contribution is 5.80. The van der Waals surface area contributed by atoms with Gasteiger partial charge in [-0.15, -0.1) is 0 Å². The first-order chi connectivity index (χ1) is 15.1. The second-order valence-corrected chi connectivity index (χ2v) is 6.98. The molecule has 0 saturated carbocycles. The lowest BCUT2D eigenvalue weighted by Gasteiger charge is -2.34. The van der Waals surface area contributed by atoms with E-state index in [1.165, 1.54) is 0 Å². The largest absolute Gasteiger partial charge is 0.493 e. The summed E-state index contributed by atoms with van der Waals surface area (Å²) in [5.74, 6) is 2.40. The fourth-order valence-corrected chi connectivity index (χ4v) is 3.28. The lowest BCUT2D eigenvalue weighted by Crippen LogP contribution is -2.49. The summed E-state index contributed by atoms with van der Waals surface area (Å²) in [6.07, 6.45) is 3.81. The number of amides is 1. The molecule has 1 aromatic heterocycles. The first-order valence-corrected chi connectivity index (χ1v) is 10.1. The van der Waals surface area contributed by atoms with Crippen LogP contribution in [0.2, 0.25) is 0 Å². The predicted octanol–water partition coefficient (Wildman–Crippen LogP) is 0.637. The quantitative estimate of drug-likeness (QED) is 0.465. The first-order valence-electron chi connectivity index (χ1n) is 10.1. The number of hydrogen-bond acceptors (Lipinski definition) is 7. The molecule has 0 aliphatic carbocycles. The van der Waals surface area contributed by atoms with Gasteiger partial charge in [0.15, 0.2) is 17.5 Å². The monoisotopic (exact) mass is 427 g/mol. The van der Waals surface area contributed by atoms with Crippen LogP contribution in [0.25, 0.3) is 0 Å². The van der Waals surface area contributed by atoms with E-state index in [9.17, 15) is 4.79 Å². The molecule has 3 rings (SSSR count). The first kappa shape index (κ1) is 22.1. The van der Waals surface area contributed by atoms with Gasteiger partial charge in [0.2, 0.25) is 11.9 Å². The Labute approximate surface area is 182 Å². The van der Waals surface area contributed by atoms with E-state index in [0.717, 1.165) is 18.7 Å². The third-order valence-corrected chi connectivity index (χ3v) is 4.99. The molecule has 2 heterocycles. The molecule has 1 aliphatic rings. The van der Waals surface area contributed by atoms with Gasteiger partial charge in [0.05, 0.1) is 20.8 Å². The van der Waals surface area contributed by atoms with E-state index in [-0.39, 0.29) is 5.91 Å². The molecule has 10 nitrogen and oxygen atoms in total. The molecule has 0 radical (unpaired) electrons. The van der Waals surface area contributed by atoms with E-state index >= 15 is 0 Å². The van der Waals surface area contributed by atoms with Crippen LogP contribution in [-0.2, 0) is 11.3 Å². The normalized spacial score (nSPS) is 14.3. The zero-order valence-electron chi connectivity index (χ0n) is 18.0. The average Bonchev–Trinajstić information content (AvgIpc) is 2.83. The molecule has 0 bridgehead atoms. The number of hydrogen-bond donors (Lipinski definition) is 2. The van der Waals surface area contributed by atoms with E-state index in [4.69, 9.17) is 15.2 Å². The summed E-state index contributed by atoms with van der Waals surface area (Å²) in [5, 5.41) is 3.00. The van der Waals surface area contributed by atoms with Gasteiger partial charge >= 0.3 is 0 Å². The number of nitrogens with two attached hydrogens (primary N) is 1. The number of guanidine groups is 1. The molecule has 1 aromatic carbocycles. The van der Waals surface area contributed by atoms with Crippen LogP contribution >= 0.6 is 0 Å². The summed E-state index contributed by atoms with van der Waals surface area (Å²) in [6, 6.07) is 7.38. The van der Waals surface area contributed by atoms with Gasteiger partial charge in [-0.2, -0.15) is 0 Å². The Morgan fingerprint density at radius 3 is 2.52 bits per heavy atom. The van der Waals surface area contributed by atoms with Crippen LogP contribution in [0.5, 0.6) is 11.5 Å². The van der Waals surface area contributed by atoms with Crippen LogP contribution < -0.4 is 25.4 Å². The van der Waals surface area contributed by atoms with Crippen molar-refractivity contribution in [2.24, 2.45) is 10.7 Å². The Morgan fingerprint density at radius 1 is 1.13 bits per heavy atom. The Morgan fingerprint density at radius 2 is 1.84 bits per heavy atom. The van der Waals surface area contributed by atoms with Crippen LogP contribution in [0.3, 0.4) is 0 Å². The van der Waals surface area contributed by atoms with Crippen molar-refractivity contribution in [1.82, 2.24) is 20.2 Å². The van der Waals surface area contributed by atoms with Gasteiger partial charge in [-0.25, -0.2) is 15.0 Å². The van der Waals surface area contributed by atoms with Crippen molar-refractivity contribution in [3.63, 3.8) is 0 Å². The van der Waals surface area contributed by atoms with Gasteiger partial charge in [0.1, 0.15) is 0 Å². The molecule has 31 heavy (non-hydrogen) atoms. The van der Waals surface area contributed by atoms with Gasteiger partial charge in [0.25, 0.3) is 0 Å². The lowest BCUT2D eigenvalue weighted by atomic mass is 10.2. The summed E-state index contributed by atoms with van der Waals surface area (Å²) < 4.78 is 10.5. The van der Waals surface area contributed by atoms with E-state index in [1.807, 2.05) is 23.1 Å². The number of aromatic nitrogens is 2. The molecular weight excluding hydrogens is 398 g/mol. The smallest absolute Gasteiger partial charge is 0.225 e. The van der Waals surface area contributed by atoms with Crippen LogP contribution in [0.4, 0.5) is 5.95 Å². The topological polar surface area (TPSA) is 118 Å². The molecule has 1 amide bonds. The molecule has 2 aromatic rings. The second-order valence-electron chi connectivity index (χ2n) is 6.98. The summed E-state index contributed by atoms with van der Waals surface area (Å²) in [6.45, 7) is 3.58. The van der Waals surface area contributed by atoms with Gasteiger partial charge in [-0.3, -0.25) is 4.79 Å². The molecule has 10 heteroatoms. The Hall–Kier alpha value is -3.56. The van der Waals surface area contributed by atoms with Gasteiger partial charge in [-0.1, -0.05) is 6.07 Å². The summed E-state index contributed by atoms with van der Waals surface area (Å²) >= 11 is 0. The highest BCUT2D eigenvalue weighted by Gasteiger charge is 2.22. The zero-order chi connectivity index (χ0) is 22.1. The van der Waals surface area contributed by atoms with Crippen molar-refractivity contribution in [1.29, 1.82) is 0 Å². The van der Waals surface area contributed by atoms with Crippen molar-refractivity contribution in [3.05, 3.63) is 42.2 Å². The average molecular weight is 428 g/mol. The number of piperazine rings is 1. The standard InChI is InChI=1S/C21H29N7O3/c1-30-17-5-4-16(14-18(17)31-2)15-26-20(22)23-9-6-19(29)27-10-12-28(13-11-27)21-24-7-3-8-25-21/h3-5,7-8,14H,6,9-13,15H2,1-2H3,(H3,22,23,26). The van der Waals surface area contributed by atoms with E-state index < -0.39 is 0 Å². The van der Waals surface area contributed by atoms with Gasteiger partial charge in [-0.05, 0) is 23.8 Å². The van der Waals surface area contributed by atoms with Crippen molar-refractivity contribution in [2.75, 3.05) is 51.8 Å². The fraction of sp³-hybridized carbons (Fsp3) is 0.429. The number of rotatable bonds is 8. The van der Waals surface area contributed by atoms with Crippen LogP contribution in [0.15, 0.2) is 41.7 Å². The van der Waals surface area contributed by atoms with Crippen LogP contribution in [-0.4, -0.2) is 73.7 Å². The third-order valence-electron chi connectivity index (χ3n) is 4.99. The number of anilines is 1. The van der Waals surface area contributed by atoms with Crippen molar-refractivity contribution >= 4 is 17.8 Å². The lowest BCUT2D eigenvalue weighted by molar-refractivity contribution is -0.131. The third kappa shape index (κ3) is 6.21. The van der Waals surface area contributed by atoms with Crippen LogP contribution in [0.1, 0.15) is 12.0 Å². The number of benzene rings is 1. The van der Waals surface area contributed by atoms with Crippen molar-refractivity contribution < 1.29 is 14.3 Å². The van der Waals surface area contributed by atoms with E-state index in [1.54, 1.807) is 32.7 Å². The minimum atomic E-state index is 0.0915.